The lowest BCUT2D eigenvalue weighted by molar-refractivity contribution is 0.0689. The molecule has 2 N–H and O–H groups in total. The van der Waals surface area contributed by atoms with Crippen LogP contribution in [0.1, 0.15) is 10.5 Å². The van der Waals surface area contributed by atoms with Crippen molar-refractivity contribution in [3.8, 4) is 5.69 Å². The Labute approximate surface area is 154 Å². The van der Waals surface area contributed by atoms with E-state index < -0.39 is 11.8 Å². The van der Waals surface area contributed by atoms with Gasteiger partial charge in [-0.05, 0) is 24.3 Å². The molecule has 0 aliphatic carbocycles. The summed E-state index contributed by atoms with van der Waals surface area (Å²) in [6.45, 7) is 2.70. The molecule has 2 heterocycles. The maximum Gasteiger partial charge on any atom is 0.355 e. The second-order valence-corrected chi connectivity index (χ2v) is 6.54. The van der Waals surface area contributed by atoms with E-state index in [1.165, 1.54) is 6.07 Å². The van der Waals surface area contributed by atoms with Gasteiger partial charge in [-0.2, -0.15) is 0 Å². The topological polar surface area (TPSA) is 57.5 Å². The highest BCUT2D eigenvalue weighted by atomic mass is 35.5. The number of nitrogens with one attached hydrogen (secondary N) is 1. The number of carboxylic acid groups (broad SMARTS) is 1. The third kappa shape index (κ3) is 2.62. The van der Waals surface area contributed by atoms with Crippen LogP contribution in [0.2, 0.25) is 5.02 Å². The normalized spacial score (nSPS) is 14.8. The predicted octanol–water partition coefficient (Wildman–Crippen LogP) is 3.53. The maximum atomic E-state index is 14.2. The number of piperazine rings is 1. The van der Waals surface area contributed by atoms with Crippen molar-refractivity contribution in [3.05, 3.63) is 59.0 Å². The van der Waals surface area contributed by atoms with Crippen LogP contribution in [-0.2, 0) is 0 Å². The average Bonchev–Trinajstić information content (AvgIpc) is 3.02. The molecule has 7 heteroatoms. The Bertz CT molecular complexity index is 982. The Balaban J connectivity index is 2.12. The van der Waals surface area contributed by atoms with Crippen LogP contribution < -0.4 is 10.2 Å². The van der Waals surface area contributed by atoms with E-state index in [9.17, 15) is 14.3 Å². The minimum atomic E-state index is -1.07. The quantitative estimate of drug-likeness (QED) is 0.737. The van der Waals surface area contributed by atoms with E-state index in [-0.39, 0.29) is 10.7 Å². The van der Waals surface area contributed by atoms with Crippen molar-refractivity contribution < 1.29 is 14.3 Å². The Morgan fingerprint density at radius 1 is 1.12 bits per heavy atom. The highest BCUT2D eigenvalue weighted by molar-refractivity contribution is 6.37. The van der Waals surface area contributed by atoms with Crippen molar-refractivity contribution >= 4 is 34.2 Å². The average molecular weight is 374 g/mol. The van der Waals surface area contributed by atoms with Gasteiger partial charge in [0.2, 0.25) is 0 Å². The predicted molar refractivity (Wildman–Crippen MR) is 100 cm³/mol. The van der Waals surface area contributed by atoms with Crippen molar-refractivity contribution in [2.45, 2.75) is 0 Å². The van der Waals surface area contributed by atoms with E-state index in [0.717, 1.165) is 13.1 Å². The van der Waals surface area contributed by atoms with E-state index in [2.05, 4.69) is 5.32 Å². The molecule has 2 aromatic carbocycles. The zero-order valence-corrected chi connectivity index (χ0v) is 14.6. The lowest BCUT2D eigenvalue weighted by Crippen LogP contribution is -2.44. The number of carboxylic acids is 1. The largest absolute Gasteiger partial charge is 0.476 e. The van der Waals surface area contributed by atoms with Crippen LogP contribution in [0.5, 0.6) is 0 Å². The van der Waals surface area contributed by atoms with Crippen molar-refractivity contribution in [1.29, 1.82) is 0 Å². The number of aromatic carboxylic acids is 1. The molecule has 0 spiro atoms. The molecule has 134 valence electrons. The number of hydrogen-bond acceptors (Lipinski definition) is 3. The van der Waals surface area contributed by atoms with Crippen LogP contribution in [-0.4, -0.2) is 41.8 Å². The summed E-state index contributed by atoms with van der Waals surface area (Å²) in [6, 6.07) is 12.0. The van der Waals surface area contributed by atoms with E-state index in [4.69, 9.17) is 11.6 Å². The summed E-state index contributed by atoms with van der Waals surface area (Å²) in [4.78, 5) is 14.2. The first-order valence-electron chi connectivity index (χ1n) is 8.36. The zero-order chi connectivity index (χ0) is 18.3. The van der Waals surface area contributed by atoms with Gasteiger partial charge < -0.3 is 19.9 Å². The molecule has 0 saturated carbocycles. The van der Waals surface area contributed by atoms with E-state index in [1.807, 2.05) is 35.2 Å². The lowest BCUT2D eigenvalue weighted by atomic mass is 10.1. The molecule has 1 fully saturated rings. The van der Waals surface area contributed by atoms with Gasteiger partial charge in [0.15, 0.2) is 5.69 Å². The van der Waals surface area contributed by atoms with Gasteiger partial charge in [-0.15, -0.1) is 0 Å². The van der Waals surface area contributed by atoms with Crippen LogP contribution in [0.25, 0.3) is 16.6 Å². The molecule has 1 aliphatic rings. The number of benzene rings is 2. The van der Waals surface area contributed by atoms with Crippen molar-refractivity contribution in [1.82, 2.24) is 9.88 Å². The number of halogens is 2. The Morgan fingerprint density at radius 2 is 1.81 bits per heavy atom. The molecule has 0 unspecified atom stereocenters. The van der Waals surface area contributed by atoms with Gasteiger partial charge >= 0.3 is 5.97 Å². The highest BCUT2D eigenvalue weighted by Gasteiger charge is 2.30. The second kappa shape index (κ2) is 6.63. The van der Waals surface area contributed by atoms with Crippen molar-refractivity contribution in [2.75, 3.05) is 31.1 Å². The molecule has 4 rings (SSSR count). The number of hydrogen-bond donors (Lipinski definition) is 2. The molecule has 0 radical (unpaired) electrons. The summed E-state index contributed by atoms with van der Waals surface area (Å²) in [7, 11) is 0. The molecular weight excluding hydrogens is 357 g/mol. The fourth-order valence-corrected chi connectivity index (χ4v) is 3.78. The standard InChI is InChI=1S/C19H17ClFN3O2/c20-16-13(21)6-7-14-15(16)17(23-10-8-22-9-11-23)18(19(25)26)24(14)12-4-2-1-3-5-12/h1-7,22H,8-11H2,(H,25,26). The van der Waals surface area contributed by atoms with Gasteiger partial charge in [-0.25, -0.2) is 9.18 Å². The number of aromatic nitrogens is 1. The van der Waals surface area contributed by atoms with E-state index in [0.29, 0.717) is 35.4 Å². The van der Waals surface area contributed by atoms with Crippen LogP contribution >= 0.6 is 11.6 Å². The monoisotopic (exact) mass is 373 g/mol. The molecule has 0 atom stereocenters. The minimum absolute atomic E-state index is 0.0480. The SMILES string of the molecule is O=C(O)c1c(N2CCNCC2)c2c(Cl)c(F)ccc2n1-c1ccccc1. The van der Waals surface area contributed by atoms with Gasteiger partial charge in [-0.3, -0.25) is 0 Å². The van der Waals surface area contributed by atoms with Crippen molar-refractivity contribution in [2.24, 2.45) is 0 Å². The van der Waals surface area contributed by atoms with Gasteiger partial charge in [0, 0.05) is 37.3 Å². The Hall–Kier alpha value is -2.57. The Morgan fingerprint density at radius 3 is 2.46 bits per heavy atom. The summed E-state index contributed by atoms with van der Waals surface area (Å²) < 4.78 is 15.9. The van der Waals surface area contributed by atoms with Gasteiger partial charge in [-0.1, -0.05) is 29.8 Å². The molecule has 0 amide bonds. The fraction of sp³-hybridized carbons (Fsp3) is 0.211. The fourth-order valence-electron chi connectivity index (χ4n) is 3.54. The number of anilines is 1. The molecular formula is C19H17ClFN3O2. The minimum Gasteiger partial charge on any atom is -0.476 e. The zero-order valence-electron chi connectivity index (χ0n) is 13.9. The third-order valence-corrected chi connectivity index (χ3v) is 5.02. The van der Waals surface area contributed by atoms with E-state index in [1.54, 1.807) is 10.6 Å². The lowest BCUT2D eigenvalue weighted by Gasteiger charge is -2.29. The summed E-state index contributed by atoms with van der Waals surface area (Å²) in [5, 5.41) is 13.6. The van der Waals surface area contributed by atoms with Crippen LogP contribution in [0.4, 0.5) is 10.1 Å². The van der Waals surface area contributed by atoms with Crippen LogP contribution in [0, 0.1) is 5.82 Å². The van der Waals surface area contributed by atoms with Gasteiger partial charge in [0.25, 0.3) is 0 Å². The molecule has 26 heavy (non-hydrogen) atoms. The summed E-state index contributed by atoms with van der Waals surface area (Å²) >= 11 is 6.30. The summed E-state index contributed by atoms with van der Waals surface area (Å²) in [6.07, 6.45) is 0. The van der Waals surface area contributed by atoms with Gasteiger partial charge in [0.1, 0.15) is 5.82 Å². The number of para-hydroxylation sites is 1. The smallest absolute Gasteiger partial charge is 0.355 e. The molecule has 1 saturated heterocycles. The third-order valence-electron chi connectivity index (χ3n) is 4.65. The van der Waals surface area contributed by atoms with E-state index >= 15 is 0 Å². The van der Waals surface area contributed by atoms with Crippen LogP contribution in [0.3, 0.4) is 0 Å². The number of rotatable bonds is 3. The summed E-state index contributed by atoms with van der Waals surface area (Å²) in [5.74, 6) is -1.63. The maximum absolute atomic E-state index is 14.2. The second-order valence-electron chi connectivity index (χ2n) is 6.17. The summed E-state index contributed by atoms with van der Waals surface area (Å²) in [5.41, 5.74) is 1.84. The molecule has 1 aromatic heterocycles. The molecule has 1 aliphatic heterocycles. The van der Waals surface area contributed by atoms with Gasteiger partial charge in [0.05, 0.1) is 16.2 Å². The van der Waals surface area contributed by atoms with Crippen molar-refractivity contribution in [3.63, 3.8) is 0 Å². The molecule has 3 aromatic rings. The number of nitrogens with zero attached hydrogens (tertiary/aromatic N) is 2. The first-order valence-corrected chi connectivity index (χ1v) is 8.74. The Kier molecular flexibility index (Phi) is 4.30. The first-order chi connectivity index (χ1) is 12.6. The van der Waals surface area contributed by atoms with Crippen LogP contribution in [0.15, 0.2) is 42.5 Å². The molecule has 0 bridgehead atoms. The number of fused-ring (bicyclic) bond motifs is 1. The number of carbonyl (C=O) groups is 1. The highest BCUT2D eigenvalue weighted by Crippen LogP contribution is 2.41. The first kappa shape index (κ1) is 16.9. The molecule has 5 nitrogen and oxygen atoms in total.